The molecule has 0 saturated carbocycles. The van der Waals surface area contributed by atoms with Gasteiger partial charge in [0, 0.05) is 17.1 Å². The Bertz CT molecular complexity index is 494. The SMILES string of the molecule is CC(C)NC(=O)[C@H](C)N[C@H](C)c1cc(F)c(Cl)cc1Cl. The van der Waals surface area contributed by atoms with Crippen molar-refractivity contribution in [2.45, 2.75) is 45.8 Å². The molecule has 0 aliphatic rings. The van der Waals surface area contributed by atoms with E-state index in [0.29, 0.717) is 10.6 Å². The van der Waals surface area contributed by atoms with E-state index < -0.39 is 11.9 Å². The second-order valence-corrected chi connectivity index (χ2v) is 5.88. The van der Waals surface area contributed by atoms with Gasteiger partial charge in [0.2, 0.25) is 5.91 Å². The topological polar surface area (TPSA) is 41.1 Å². The molecule has 0 aliphatic heterocycles. The van der Waals surface area contributed by atoms with Crippen LogP contribution in [0.15, 0.2) is 12.1 Å². The van der Waals surface area contributed by atoms with Crippen LogP contribution in [0.3, 0.4) is 0 Å². The molecule has 0 heterocycles. The monoisotopic (exact) mass is 320 g/mol. The van der Waals surface area contributed by atoms with Gasteiger partial charge in [0.1, 0.15) is 5.82 Å². The molecule has 0 aliphatic carbocycles. The number of nitrogens with one attached hydrogen (secondary N) is 2. The van der Waals surface area contributed by atoms with Crippen LogP contribution < -0.4 is 10.6 Å². The number of rotatable bonds is 5. The van der Waals surface area contributed by atoms with Gasteiger partial charge in [0.25, 0.3) is 0 Å². The highest BCUT2D eigenvalue weighted by atomic mass is 35.5. The van der Waals surface area contributed by atoms with Crippen LogP contribution in [0.4, 0.5) is 4.39 Å². The van der Waals surface area contributed by atoms with Crippen LogP contribution in [-0.2, 0) is 4.79 Å². The van der Waals surface area contributed by atoms with Gasteiger partial charge in [-0.25, -0.2) is 4.39 Å². The Morgan fingerprint density at radius 1 is 1.15 bits per heavy atom. The van der Waals surface area contributed by atoms with E-state index in [2.05, 4.69) is 10.6 Å². The van der Waals surface area contributed by atoms with E-state index in [0.717, 1.165) is 0 Å². The summed E-state index contributed by atoms with van der Waals surface area (Å²) < 4.78 is 13.5. The van der Waals surface area contributed by atoms with E-state index in [9.17, 15) is 9.18 Å². The zero-order valence-electron chi connectivity index (χ0n) is 11.9. The first-order valence-electron chi connectivity index (χ1n) is 6.43. The second kappa shape index (κ2) is 7.25. The summed E-state index contributed by atoms with van der Waals surface area (Å²) >= 11 is 11.7. The van der Waals surface area contributed by atoms with Crippen molar-refractivity contribution >= 4 is 29.1 Å². The molecule has 1 aromatic carbocycles. The maximum atomic E-state index is 13.5. The van der Waals surface area contributed by atoms with Crippen molar-refractivity contribution in [2.24, 2.45) is 0 Å². The molecule has 20 heavy (non-hydrogen) atoms. The zero-order valence-corrected chi connectivity index (χ0v) is 13.4. The molecule has 3 nitrogen and oxygen atoms in total. The number of carbonyl (C=O) groups excluding carboxylic acids is 1. The number of halogens is 3. The molecule has 112 valence electrons. The lowest BCUT2D eigenvalue weighted by Crippen LogP contribution is -2.45. The molecule has 2 N–H and O–H groups in total. The zero-order chi connectivity index (χ0) is 15.4. The van der Waals surface area contributed by atoms with Crippen molar-refractivity contribution in [2.75, 3.05) is 0 Å². The molecule has 0 aromatic heterocycles. The van der Waals surface area contributed by atoms with Crippen LogP contribution in [-0.4, -0.2) is 18.0 Å². The fourth-order valence-corrected chi connectivity index (χ4v) is 2.37. The van der Waals surface area contributed by atoms with Gasteiger partial charge in [-0.05, 0) is 45.4 Å². The lowest BCUT2D eigenvalue weighted by atomic mass is 10.1. The van der Waals surface area contributed by atoms with Gasteiger partial charge in [-0.2, -0.15) is 0 Å². The molecular weight excluding hydrogens is 302 g/mol. The van der Waals surface area contributed by atoms with Crippen LogP contribution in [0.1, 0.15) is 39.3 Å². The third-order valence-electron chi connectivity index (χ3n) is 2.83. The fourth-order valence-electron chi connectivity index (χ4n) is 1.82. The van der Waals surface area contributed by atoms with Gasteiger partial charge in [-0.3, -0.25) is 10.1 Å². The molecule has 0 bridgehead atoms. The van der Waals surface area contributed by atoms with Gasteiger partial charge in [0.15, 0.2) is 0 Å². The normalized spacial score (nSPS) is 14.2. The maximum Gasteiger partial charge on any atom is 0.237 e. The Kier molecular flexibility index (Phi) is 6.24. The quantitative estimate of drug-likeness (QED) is 0.812. The largest absolute Gasteiger partial charge is 0.353 e. The van der Waals surface area contributed by atoms with Crippen molar-refractivity contribution in [3.63, 3.8) is 0 Å². The fraction of sp³-hybridized carbons (Fsp3) is 0.500. The first-order chi connectivity index (χ1) is 9.22. The highest BCUT2D eigenvalue weighted by molar-refractivity contribution is 6.35. The van der Waals surface area contributed by atoms with E-state index in [1.165, 1.54) is 12.1 Å². The molecule has 0 radical (unpaired) electrons. The van der Waals surface area contributed by atoms with Crippen molar-refractivity contribution in [1.82, 2.24) is 10.6 Å². The average Bonchev–Trinajstić information content (AvgIpc) is 2.32. The van der Waals surface area contributed by atoms with Crippen LogP contribution in [0.2, 0.25) is 10.0 Å². The third kappa shape index (κ3) is 4.62. The van der Waals surface area contributed by atoms with Crippen molar-refractivity contribution in [1.29, 1.82) is 0 Å². The Hall–Kier alpha value is -0.840. The van der Waals surface area contributed by atoms with E-state index in [1.54, 1.807) is 6.92 Å². The van der Waals surface area contributed by atoms with E-state index in [4.69, 9.17) is 23.2 Å². The minimum Gasteiger partial charge on any atom is -0.353 e. The minimum absolute atomic E-state index is 0.0171. The molecule has 1 amide bonds. The highest BCUT2D eigenvalue weighted by Gasteiger charge is 2.19. The molecule has 0 unspecified atom stereocenters. The summed E-state index contributed by atoms with van der Waals surface area (Å²) in [7, 11) is 0. The van der Waals surface area contributed by atoms with Crippen molar-refractivity contribution < 1.29 is 9.18 Å². The molecule has 0 fully saturated rings. The molecule has 1 rings (SSSR count). The summed E-state index contributed by atoms with van der Waals surface area (Å²) in [4.78, 5) is 11.8. The summed E-state index contributed by atoms with van der Waals surface area (Å²) in [6.07, 6.45) is 0. The highest BCUT2D eigenvalue weighted by Crippen LogP contribution is 2.28. The maximum absolute atomic E-state index is 13.5. The summed E-state index contributed by atoms with van der Waals surface area (Å²) in [6, 6.07) is 2.03. The van der Waals surface area contributed by atoms with Crippen LogP contribution in [0.25, 0.3) is 0 Å². The first-order valence-corrected chi connectivity index (χ1v) is 7.18. The molecule has 2 atom stereocenters. The van der Waals surface area contributed by atoms with Gasteiger partial charge < -0.3 is 5.32 Å². The van der Waals surface area contributed by atoms with Gasteiger partial charge in [0.05, 0.1) is 11.1 Å². The van der Waals surface area contributed by atoms with Crippen molar-refractivity contribution in [3.05, 3.63) is 33.6 Å². The average molecular weight is 321 g/mol. The molecule has 0 spiro atoms. The Morgan fingerprint density at radius 3 is 2.30 bits per heavy atom. The minimum atomic E-state index is -0.529. The lowest BCUT2D eigenvalue weighted by molar-refractivity contribution is -0.123. The van der Waals surface area contributed by atoms with E-state index in [-0.39, 0.29) is 23.0 Å². The molecule has 0 saturated heterocycles. The van der Waals surface area contributed by atoms with Gasteiger partial charge in [-0.15, -0.1) is 0 Å². The summed E-state index contributed by atoms with van der Waals surface area (Å²) in [5.74, 6) is -0.642. The predicted molar refractivity (Wildman–Crippen MR) is 80.7 cm³/mol. The summed E-state index contributed by atoms with van der Waals surface area (Å²) in [5.41, 5.74) is 0.567. The molecule has 1 aromatic rings. The smallest absolute Gasteiger partial charge is 0.237 e. The Labute approximate surface area is 128 Å². The summed E-state index contributed by atoms with van der Waals surface area (Å²) in [6.45, 7) is 7.33. The number of amides is 1. The van der Waals surface area contributed by atoms with Gasteiger partial charge in [-0.1, -0.05) is 23.2 Å². The summed E-state index contributed by atoms with van der Waals surface area (Å²) in [5, 5.41) is 6.24. The van der Waals surface area contributed by atoms with E-state index >= 15 is 0 Å². The van der Waals surface area contributed by atoms with Crippen LogP contribution >= 0.6 is 23.2 Å². The van der Waals surface area contributed by atoms with Crippen molar-refractivity contribution in [3.8, 4) is 0 Å². The predicted octanol–water partition coefficient (Wildman–Crippen LogP) is 3.70. The number of benzene rings is 1. The van der Waals surface area contributed by atoms with Crippen LogP contribution in [0.5, 0.6) is 0 Å². The Balaban J connectivity index is 2.78. The first kappa shape index (κ1) is 17.2. The lowest BCUT2D eigenvalue weighted by Gasteiger charge is -2.22. The second-order valence-electron chi connectivity index (χ2n) is 5.06. The van der Waals surface area contributed by atoms with E-state index in [1.807, 2.05) is 20.8 Å². The Morgan fingerprint density at radius 2 is 1.75 bits per heavy atom. The van der Waals surface area contributed by atoms with Gasteiger partial charge >= 0.3 is 0 Å². The number of carbonyl (C=O) groups is 1. The molecule has 6 heteroatoms. The molecular formula is C14H19Cl2FN2O. The number of hydrogen-bond donors (Lipinski definition) is 2. The standard InChI is InChI=1S/C14H19Cl2FN2O/c1-7(2)18-14(20)9(4)19-8(3)10-5-13(17)12(16)6-11(10)15/h5-9,19H,1-4H3,(H,18,20)/t8-,9+/m1/s1. The third-order valence-corrected chi connectivity index (χ3v) is 3.45. The van der Waals surface area contributed by atoms with Crippen LogP contribution in [0, 0.1) is 5.82 Å². The number of hydrogen-bond acceptors (Lipinski definition) is 2.